The SMILES string of the molecule is Cc1nc(CNC(=O)C=Cc2cccs2)sc1C(=O)O. The largest absolute Gasteiger partial charge is 0.477 e. The van der Waals surface area contributed by atoms with E-state index in [1.807, 2.05) is 17.5 Å². The topological polar surface area (TPSA) is 79.3 Å². The van der Waals surface area contributed by atoms with Gasteiger partial charge < -0.3 is 10.4 Å². The van der Waals surface area contributed by atoms with Crippen LogP contribution in [-0.4, -0.2) is 22.0 Å². The van der Waals surface area contributed by atoms with Crippen molar-refractivity contribution in [2.75, 3.05) is 0 Å². The molecule has 0 spiro atoms. The van der Waals surface area contributed by atoms with Crippen molar-refractivity contribution in [2.45, 2.75) is 13.5 Å². The van der Waals surface area contributed by atoms with Gasteiger partial charge in [0, 0.05) is 11.0 Å². The molecule has 0 aliphatic carbocycles. The van der Waals surface area contributed by atoms with Gasteiger partial charge in [-0.3, -0.25) is 4.79 Å². The Morgan fingerprint density at radius 2 is 2.30 bits per heavy atom. The summed E-state index contributed by atoms with van der Waals surface area (Å²) in [6, 6.07) is 3.83. The molecule has 2 heterocycles. The van der Waals surface area contributed by atoms with Crippen molar-refractivity contribution in [1.29, 1.82) is 0 Å². The monoisotopic (exact) mass is 308 g/mol. The number of aromatic nitrogens is 1. The molecule has 0 saturated heterocycles. The van der Waals surface area contributed by atoms with Crippen LogP contribution in [0.2, 0.25) is 0 Å². The highest BCUT2D eigenvalue weighted by atomic mass is 32.1. The second-order valence-electron chi connectivity index (χ2n) is 3.89. The Labute approximate surface area is 123 Å². The lowest BCUT2D eigenvalue weighted by Gasteiger charge is -1.97. The van der Waals surface area contributed by atoms with E-state index >= 15 is 0 Å². The number of nitrogens with one attached hydrogen (secondary N) is 1. The molecule has 0 aliphatic heterocycles. The molecule has 1 amide bonds. The molecule has 2 aromatic heterocycles. The molecule has 2 aromatic rings. The Morgan fingerprint density at radius 1 is 1.50 bits per heavy atom. The first kappa shape index (κ1) is 14.4. The molecular weight excluding hydrogens is 296 g/mol. The third kappa shape index (κ3) is 3.75. The fraction of sp³-hybridized carbons (Fsp3) is 0.154. The maximum Gasteiger partial charge on any atom is 0.347 e. The van der Waals surface area contributed by atoms with Gasteiger partial charge in [-0.15, -0.1) is 22.7 Å². The smallest absolute Gasteiger partial charge is 0.347 e. The van der Waals surface area contributed by atoms with Gasteiger partial charge in [0.15, 0.2) is 0 Å². The van der Waals surface area contributed by atoms with Gasteiger partial charge in [-0.2, -0.15) is 0 Å². The second-order valence-corrected chi connectivity index (χ2v) is 5.96. The van der Waals surface area contributed by atoms with Crippen LogP contribution in [0.25, 0.3) is 6.08 Å². The fourth-order valence-corrected chi connectivity index (χ4v) is 2.95. The van der Waals surface area contributed by atoms with Crippen molar-refractivity contribution < 1.29 is 14.7 Å². The van der Waals surface area contributed by atoms with E-state index in [0.717, 1.165) is 16.2 Å². The zero-order valence-corrected chi connectivity index (χ0v) is 12.3. The number of carbonyl (C=O) groups excluding carboxylic acids is 1. The number of carbonyl (C=O) groups is 2. The first-order valence-electron chi connectivity index (χ1n) is 5.75. The summed E-state index contributed by atoms with van der Waals surface area (Å²) in [5.74, 6) is -1.22. The van der Waals surface area contributed by atoms with E-state index in [1.54, 1.807) is 24.3 Å². The highest BCUT2D eigenvalue weighted by Crippen LogP contribution is 2.17. The van der Waals surface area contributed by atoms with E-state index in [9.17, 15) is 9.59 Å². The number of aromatic carboxylic acids is 1. The zero-order chi connectivity index (χ0) is 14.5. The van der Waals surface area contributed by atoms with Crippen LogP contribution in [0.15, 0.2) is 23.6 Å². The molecule has 0 bridgehead atoms. The summed E-state index contributed by atoms with van der Waals surface area (Å²) < 4.78 is 0. The normalized spacial score (nSPS) is 10.8. The quantitative estimate of drug-likeness (QED) is 0.832. The summed E-state index contributed by atoms with van der Waals surface area (Å²) >= 11 is 2.62. The van der Waals surface area contributed by atoms with Crippen LogP contribution in [0.5, 0.6) is 0 Å². The van der Waals surface area contributed by atoms with E-state index in [-0.39, 0.29) is 17.3 Å². The first-order valence-corrected chi connectivity index (χ1v) is 7.45. The minimum Gasteiger partial charge on any atom is -0.477 e. The van der Waals surface area contributed by atoms with Crippen molar-refractivity contribution in [3.8, 4) is 0 Å². The predicted molar refractivity (Wildman–Crippen MR) is 79.0 cm³/mol. The lowest BCUT2D eigenvalue weighted by Crippen LogP contribution is -2.20. The lowest BCUT2D eigenvalue weighted by atomic mass is 10.4. The summed E-state index contributed by atoms with van der Waals surface area (Å²) in [4.78, 5) is 27.8. The average Bonchev–Trinajstić information content (AvgIpc) is 3.03. The van der Waals surface area contributed by atoms with Gasteiger partial charge in [0.25, 0.3) is 0 Å². The van der Waals surface area contributed by atoms with Crippen LogP contribution in [0, 0.1) is 6.92 Å². The van der Waals surface area contributed by atoms with Gasteiger partial charge >= 0.3 is 5.97 Å². The van der Waals surface area contributed by atoms with E-state index in [0.29, 0.717) is 10.7 Å². The van der Waals surface area contributed by atoms with Crippen molar-refractivity contribution in [3.05, 3.63) is 44.0 Å². The Balaban J connectivity index is 1.90. The van der Waals surface area contributed by atoms with Gasteiger partial charge in [0.1, 0.15) is 9.88 Å². The number of thiazole rings is 1. The minimum atomic E-state index is -0.991. The van der Waals surface area contributed by atoms with Crippen molar-refractivity contribution >= 4 is 40.6 Å². The van der Waals surface area contributed by atoms with Gasteiger partial charge in [0.2, 0.25) is 5.91 Å². The Morgan fingerprint density at radius 3 is 2.90 bits per heavy atom. The molecule has 0 unspecified atom stereocenters. The molecule has 0 atom stereocenters. The van der Waals surface area contributed by atoms with Crippen LogP contribution in [-0.2, 0) is 11.3 Å². The molecule has 7 heteroatoms. The average molecular weight is 308 g/mol. The number of thiophene rings is 1. The zero-order valence-electron chi connectivity index (χ0n) is 10.6. The fourth-order valence-electron chi connectivity index (χ4n) is 1.49. The van der Waals surface area contributed by atoms with Gasteiger partial charge in [-0.05, 0) is 24.4 Å². The molecule has 2 rings (SSSR count). The highest BCUT2D eigenvalue weighted by molar-refractivity contribution is 7.13. The van der Waals surface area contributed by atoms with Crippen LogP contribution >= 0.6 is 22.7 Å². The number of carboxylic acid groups (broad SMARTS) is 1. The number of aryl methyl sites for hydroxylation is 1. The van der Waals surface area contributed by atoms with Gasteiger partial charge in [-0.1, -0.05) is 6.07 Å². The maximum atomic E-state index is 11.6. The summed E-state index contributed by atoms with van der Waals surface area (Å²) in [6.45, 7) is 1.87. The first-order chi connectivity index (χ1) is 9.56. The molecule has 0 aromatic carbocycles. The Hall–Kier alpha value is -1.99. The lowest BCUT2D eigenvalue weighted by molar-refractivity contribution is -0.116. The third-order valence-electron chi connectivity index (χ3n) is 2.39. The van der Waals surface area contributed by atoms with Gasteiger partial charge in [-0.25, -0.2) is 9.78 Å². The number of hydrogen-bond acceptors (Lipinski definition) is 5. The third-order valence-corrected chi connectivity index (χ3v) is 4.37. The molecule has 20 heavy (non-hydrogen) atoms. The van der Waals surface area contributed by atoms with E-state index in [2.05, 4.69) is 10.3 Å². The minimum absolute atomic E-state index is 0.211. The molecule has 5 nitrogen and oxygen atoms in total. The Kier molecular flexibility index (Phi) is 4.65. The predicted octanol–water partition coefficient (Wildman–Crippen LogP) is 2.54. The number of hydrogen-bond donors (Lipinski definition) is 2. The Bertz CT molecular complexity index is 645. The maximum absolute atomic E-state index is 11.6. The summed E-state index contributed by atoms with van der Waals surface area (Å²) in [7, 11) is 0. The van der Waals surface area contributed by atoms with Crippen LogP contribution in [0.3, 0.4) is 0 Å². The van der Waals surface area contributed by atoms with Gasteiger partial charge in [0.05, 0.1) is 12.2 Å². The molecule has 0 fully saturated rings. The molecule has 0 aliphatic rings. The number of amides is 1. The van der Waals surface area contributed by atoms with E-state index in [1.165, 1.54) is 6.08 Å². The summed E-state index contributed by atoms with van der Waals surface area (Å²) in [6.07, 6.45) is 3.18. The molecule has 2 N–H and O–H groups in total. The number of rotatable bonds is 5. The summed E-state index contributed by atoms with van der Waals surface area (Å²) in [5.41, 5.74) is 0.473. The van der Waals surface area contributed by atoms with Crippen molar-refractivity contribution in [2.24, 2.45) is 0 Å². The standard InChI is InChI=1S/C13H12N2O3S2/c1-8-12(13(17)18)20-11(15-8)7-14-10(16)5-4-9-3-2-6-19-9/h2-6H,7H2,1H3,(H,14,16)(H,17,18). The molecule has 0 saturated carbocycles. The molecule has 104 valence electrons. The van der Waals surface area contributed by atoms with E-state index < -0.39 is 5.97 Å². The molecular formula is C13H12N2O3S2. The number of carboxylic acids is 1. The van der Waals surface area contributed by atoms with Crippen LogP contribution in [0.4, 0.5) is 0 Å². The van der Waals surface area contributed by atoms with E-state index in [4.69, 9.17) is 5.11 Å². The highest BCUT2D eigenvalue weighted by Gasteiger charge is 2.13. The van der Waals surface area contributed by atoms with Crippen LogP contribution in [0.1, 0.15) is 25.3 Å². The van der Waals surface area contributed by atoms with Crippen molar-refractivity contribution in [1.82, 2.24) is 10.3 Å². The second kappa shape index (κ2) is 6.44. The van der Waals surface area contributed by atoms with Crippen molar-refractivity contribution in [3.63, 3.8) is 0 Å². The summed E-state index contributed by atoms with van der Waals surface area (Å²) in [5, 5.41) is 14.1. The van der Waals surface area contributed by atoms with Crippen LogP contribution < -0.4 is 5.32 Å². The molecule has 0 radical (unpaired) electrons. The number of nitrogens with zero attached hydrogens (tertiary/aromatic N) is 1.